The van der Waals surface area contributed by atoms with Gasteiger partial charge in [-0.05, 0) is 40.2 Å². The van der Waals surface area contributed by atoms with Crippen molar-refractivity contribution in [1.82, 2.24) is 4.98 Å². The van der Waals surface area contributed by atoms with E-state index in [1.165, 1.54) is 12.1 Å². The second kappa shape index (κ2) is 5.31. The molecule has 0 aliphatic rings. The van der Waals surface area contributed by atoms with Crippen LogP contribution in [0.5, 0.6) is 11.6 Å². The molecule has 98 valence electrons. The molecule has 2 aromatic rings. The molecule has 0 aliphatic carbocycles. The van der Waals surface area contributed by atoms with Gasteiger partial charge in [0.1, 0.15) is 22.9 Å². The summed E-state index contributed by atoms with van der Waals surface area (Å²) in [5.74, 6) is -2.74. The van der Waals surface area contributed by atoms with E-state index in [-0.39, 0.29) is 16.1 Å². The lowest BCUT2D eigenvalue weighted by Crippen LogP contribution is -2.03. The minimum absolute atomic E-state index is 0.156. The lowest BCUT2D eigenvalue weighted by molar-refractivity contribution is 0.0692. The summed E-state index contributed by atoms with van der Waals surface area (Å²) in [5, 5.41) is 8.91. The monoisotopic (exact) mass is 329 g/mol. The number of carbonyl (C=O) groups is 1. The van der Waals surface area contributed by atoms with Crippen LogP contribution in [-0.2, 0) is 0 Å². The average Bonchev–Trinajstić information content (AvgIpc) is 2.36. The number of carboxylic acids is 1. The number of pyridine rings is 1. The molecule has 7 heteroatoms. The van der Waals surface area contributed by atoms with Crippen LogP contribution in [-0.4, -0.2) is 16.1 Å². The van der Waals surface area contributed by atoms with Gasteiger partial charge in [-0.25, -0.2) is 18.6 Å². The summed E-state index contributed by atoms with van der Waals surface area (Å²) in [6.45, 7) is 0. The maximum absolute atomic E-state index is 13.0. The Balaban J connectivity index is 2.37. The van der Waals surface area contributed by atoms with Gasteiger partial charge in [0.2, 0.25) is 5.88 Å². The summed E-state index contributed by atoms with van der Waals surface area (Å²) in [4.78, 5) is 14.5. The third kappa shape index (κ3) is 3.05. The van der Waals surface area contributed by atoms with Crippen molar-refractivity contribution in [3.05, 3.63) is 52.1 Å². The van der Waals surface area contributed by atoms with E-state index in [9.17, 15) is 13.6 Å². The van der Waals surface area contributed by atoms with Gasteiger partial charge in [-0.3, -0.25) is 0 Å². The van der Waals surface area contributed by atoms with Gasteiger partial charge in [0, 0.05) is 0 Å². The molecule has 0 saturated heterocycles. The van der Waals surface area contributed by atoms with E-state index in [1.54, 1.807) is 0 Å². The van der Waals surface area contributed by atoms with Crippen LogP contribution in [0.3, 0.4) is 0 Å². The molecular formula is C12H6BrF2NO3. The molecule has 0 unspecified atom stereocenters. The van der Waals surface area contributed by atoms with E-state index in [0.717, 1.165) is 18.3 Å². The zero-order valence-electron chi connectivity index (χ0n) is 9.23. The van der Waals surface area contributed by atoms with Gasteiger partial charge in [0.25, 0.3) is 0 Å². The Labute approximate surface area is 114 Å². The third-order valence-electron chi connectivity index (χ3n) is 2.15. The quantitative estimate of drug-likeness (QED) is 0.934. The number of hydrogen-bond acceptors (Lipinski definition) is 3. The van der Waals surface area contributed by atoms with E-state index in [0.29, 0.717) is 0 Å². The van der Waals surface area contributed by atoms with Gasteiger partial charge in [-0.15, -0.1) is 0 Å². The van der Waals surface area contributed by atoms with Crippen molar-refractivity contribution < 1.29 is 23.4 Å². The van der Waals surface area contributed by atoms with E-state index in [2.05, 4.69) is 20.9 Å². The molecule has 19 heavy (non-hydrogen) atoms. The molecule has 0 aliphatic heterocycles. The van der Waals surface area contributed by atoms with E-state index >= 15 is 0 Å². The Morgan fingerprint density at radius 2 is 2.05 bits per heavy atom. The van der Waals surface area contributed by atoms with E-state index in [4.69, 9.17) is 9.84 Å². The topological polar surface area (TPSA) is 59.4 Å². The number of ether oxygens (including phenoxy) is 1. The first-order valence-corrected chi connectivity index (χ1v) is 5.78. The fourth-order valence-corrected chi connectivity index (χ4v) is 1.67. The summed E-state index contributed by atoms with van der Waals surface area (Å²) in [5.41, 5.74) is -0.416. The highest BCUT2D eigenvalue weighted by Gasteiger charge is 2.15. The first-order valence-electron chi connectivity index (χ1n) is 4.99. The van der Waals surface area contributed by atoms with Crippen molar-refractivity contribution >= 4 is 21.9 Å². The Kier molecular flexibility index (Phi) is 3.75. The van der Waals surface area contributed by atoms with Gasteiger partial charge >= 0.3 is 5.97 Å². The number of benzene rings is 1. The molecule has 0 amide bonds. The number of nitrogens with zero attached hydrogens (tertiary/aromatic N) is 1. The number of carboxylic acid groups (broad SMARTS) is 1. The molecule has 0 atom stereocenters. The van der Waals surface area contributed by atoms with Crippen LogP contribution < -0.4 is 4.74 Å². The molecule has 1 N–H and O–H groups in total. The molecule has 0 fully saturated rings. The minimum atomic E-state index is -1.37. The minimum Gasteiger partial charge on any atom is -0.477 e. The summed E-state index contributed by atoms with van der Waals surface area (Å²) in [7, 11) is 0. The Morgan fingerprint density at radius 1 is 1.32 bits per heavy atom. The van der Waals surface area contributed by atoms with Crippen molar-refractivity contribution in [2.45, 2.75) is 0 Å². The van der Waals surface area contributed by atoms with E-state index < -0.39 is 23.2 Å². The molecular weight excluding hydrogens is 324 g/mol. The number of rotatable bonds is 3. The molecule has 0 saturated carbocycles. The zero-order valence-corrected chi connectivity index (χ0v) is 10.8. The maximum Gasteiger partial charge on any atom is 0.341 e. The van der Waals surface area contributed by atoms with E-state index in [1.807, 2.05) is 0 Å². The second-order valence-corrected chi connectivity index (χ2v) is 4.34. The number of halogens is 3. The normalized spacial score (nSPS) is 10.3. The van der Waals surface area contributed by atoms with Gasteiger partial charge in [0.05, 0.1) is 10.7 Å². The molecule has 0 spiro atoms. The first-order chi connectivity index (χ1) is 8.97. The first kappa shape index (κ1) is 13.4. The fourth-order valence-electron chi connectivity index (χ4n) is 1.31. The molecule has 1 heterocycles. The van der Waals surface area contributed by atoms with Crippen LogP contribution in [0.4, 0.5) is 8.78 Å². The van der Waals surface area contributed by atoms with Crippen molar-refractivity contribution in [1.29, 1.82) is 0 Å². The Bertz CT molecular complexity index is 649. The maximum atomic E-state index is 13.0. The van der Waals surface area contributed by atoms with Gasteiger partial charge in [-0.2, -0.15) is 0 Å². The van der Waals surface area contributed by atoms with Crippen molar-refractivity contribution in [2.75, 3.05) is 0 Å². The fraction of sp³-hybridized carbons (Fsp3) is 0. The predicted molar refractivity (Wildman–Crippen MR) is 65.3 cm³/mol. The summed E-state index contributed by atoms with van der Waals surface area (Å²) < 4.78 is 31.3. The third-order valence-corrected chi connectivity index (χ3v) is 2.76. The van der Waals surface area contributed by atoms with Gasteiger partial charge in [0.15, 0.2) is 0 Å². The molecule has 0 radical (unpaired) electrons. The number of aromatic nitrogens is 1. The largest absolute Gasteiger partial charge is 0.477 e. The lowest BCUT2D eigenvalue weighted by atomic mass is 10.2. The number of hydrogen-bond donors (Lipinski definition) is 1. The molecule has 0 bridgehead atoms. The summed E-state index contributed by atoms with van der Waals surface area (Å²) >= 11 is 2.97. The highest BCUT2D eigenvalue weighted by atomic mass is 79.9. The molecule has 1 aromatic carbocycles. The van der Waals surface area contributed by atoms with Crippen LogP contribution in [0.15, 0.2) is 34.9 Å². The second-order valence-electron chi connectivity index (χ2n) is 3.49. The van der Waals surface area contributed by atoms with Crippen molar-refractivity contribution in [3.63, 3.8) is 0 Å². The van der Waals surface area contributed by atoms with Crippen molar-refractivity contribution in [2.24, 2.45) is 0 Å². The Hall–Kier alpha value is -2.02. The SMILES string of the molecule is O=C(O)c1cc(F)cnc1Oc1ccc(F)c(Br)c1. The zero-order chi connectivity index (χ0) is 14.0. The average molecular weight is 330 g/mol. The lowest BCUT2D eigenvalue weighted by Gasteiger charge is -2.08. The van der Waals surface area contributed by atoms with Crippen LogP contribution in [0.2, 0.25) is 0 Å². The number of aromatic carboxylic acids is 1. The Morgan fingerprint density at radius 3 is 2.68 bits per heavy atom. The van der Waals surface area contributed by atoms with Gasteiger partial charge < -0.3 is 9.84 Å². The molecule has 4 nitrogen and oxygen atoms in total. The standard InChI is InChI=1S/C12H6BrF2NO3/c13-9-4-7(1-2-10(9)15)19-11-8(12(17)18)3-6(14)5-16-11/h1-5H,(H,17,18). The highest BCUT2D eigenvalue weighted by molar-refractivity contribution is 9.10. The van der Waals surface area contributed by atoms with Crippen LogP contribution in [0.1, 0.15) is 10.4 Å². The summed E-state index contributed by atoms with van der Waals surface area (Å²) in [6, 6.07) is 4.55. The van der Waals surface area contributed by atoms with Crippen LogP contribution >= 0.6 is 15.9 Å². The predicted octanol–water partition coefficient (Wildman–Crippen LogP) is 3.61. The molecule has 2 rings (SSSR count). The molecule has 1 aromatic heterocycles. The summed E-state index contributed by atoms with van der Waals surface area (Å²) in [6.07, 6.45) is 0.834. The van der Waals surface area contributed by atoms with Crippen LogP contribution in [0.25, 0.3) is 0 Å². The smallest absolute Gasteiger partial charge is 0.341 e. The van der Waals surface area contributed by atoms with Crippen LogP contribution in [0, 0.1) is 11.6 Å². The van der Waals surface area contributed by atoms with Gasteiger partial charge in [-0.1, -0.05) is 0 Å². The van der Waals surface area contributed by atoms with Crippen molar-refractivity contribution in [3.8, 4) is 11.6 Å². The highest BCUT2D eigenvalue weighted by Crippen LogP contribution is 2.27.